The molecule has 0 radical (unpaired) electrons. The number of aryl methyl sites for hydroxylation is 1. The van der Waals surface area contributed by atoms with Crippen molar-refractivity contribution in [3.8, 4) is 11.3 Å². The van der Waals surface area contributed by atoms with Crippen LogP contribution in [-0.4, -0.2) is 47.5 Å². The second kappa shape index (κ2) is 7.99. The lowest BCUT2D eigenvalue weighted by molar-refractivity contribution is -0.131. The molecule has 1 aromatic carbocycles. The zero-order chi connectivity index (χ0) is 17.9. The molecule has 1 aromatic heterocycles. The number of ketones is 1. The van der Waals surface area contributed by atoms with Crippen molar-refractivity contribution in [2.24, 2.45) is 0 Å². The van der Waals surface area contributed by atoms with Crippen LogP contribution in [0.15, 0.2) is 30.3 Å². The highest BCUT2D eigenvalue weighted by Crippen LogP contribution is 2.31. The Morgan fingerprint density at radius 2 is 2.00 bits per heavy atom. The van der Waals surface area contributed by atoms with Crippen LogP contribution in [0.4, 0.5) is 0 Å². The van der Waals surface area contributed by atoms with E-state index in [2.05, 4.69) is 24.0 Å². The van der Waals surface area contributed by atoms with E-state index in [1.807, 2.05) is 18.2 Å². The van der Waals surface area contributed by atoms with E-state index in [4.69, 9.17) is 9.72 Å². The molecule has 3 heterocycles. The van der Waals surface area contributed by atoms with Crippen LogP contribution in [0.5, 0.6) is 0 Å². The molecule has 0 unspecified atom stereocenters. The summed E-state index contributed by atoms with van der Waals surface area (Å²) in [6, 6.07) is 10.9. The molecule has 2 aliphatic heterocycles. The van der Waals surface area contributed by atoms with E-state index in [-0.39, 0.29) is 6.04 Å². The van der Waals surface area contributed by atoms with Gasteiger partial charge in [-0.1, -0.05) is 37.3 Å². The fraction of sp³-hybridized carbons (Fsp3) is 0.524. The van der Waals surface area contributed by atoms with E-state index in [9.17, 15) is 4.79 Å². The number of ether oxygens (including phenoxy) is 1. The predicted octanol–water partition coefficient (Wildman–Crippen LogP) is 3.74. The van der Waals surface area contributed by atoms with Crippen LogP contribution in [0, 0.1) is 0 Å². The van der Waals surface area contributed by atoms with Gasteiger partial charge in [0.1, 0.15) is 5.01 Å². The van der Waals surface area contributed by atoms with Gasteiger partial charge in [0.2, 0.25) is 0 Å². The largest absolute Gasteiger partial charge is 0.381 e. The lowest BCUT2D eigenvalue weighted by Crippen LogP contribution is -2.58. The summed E-state index contributed by atoms with van der Waals surface area (Å²) in [6.07, 6.45) is 4.52. The minimum Gasteiger partial charge on any atom is -0.381 e. The summed E-state index contributed by atoms with van der Waals surface area (Å²) in [5.74, 6) is 0.332. The van der Waals surface area contributed by atoms with Crippen molar-refractivity contribution in [1.82, 2.24) is 9.88 Å². The minimum atomic E-state index is 0.0900. The number of likely N-dealkylation sites (tertiary alicyclic amines) is 1. The normalized spacial score (nSPS) is 21.5. The second-order valence-corrected chi connectivity index (χ2v) is 8.30. The van der Waals surface area contributed by atoms with Gasteiger partial charge in [-0.05, 0) is 25.7 Å². The maximum Gasteiger partial charge on any atom is 0.156 e. The Balaban J connectivity index is 1.45. The summed E-state index contributed by atoms with van der Waals surface area (Å²) >= 11 is 1.70. The Kier molecular flexibility index (Phi) is 5.48. The van der Waals surface area contributed by atoms with Crippen LogP contribution in [0.1, 0.15) is 36.1 Å². The number of Topliss-reactive ketones (excluding diaryl/α,β-unsaturated/α-hetero) is 1. The topological polar surface area (TPSA) is 42.4 Å². The maximum atomic E-state index is 12.9. The van der Waals surface area contributed by atoms with E-state index >= 15 is 0 Å². The molecule has 26 heavy (non-hydrogen) atoms. The van der Waals surface area contributed by atoms with Crippen LogP contribution in [-0.2, 0) is 22.4 Å². The number of rotatable bonds is 6. The maximum absolute atomic E-state index is 12.9. The van der Waals surface area contributed by atoms with Crippen LogP contribution in [0.3, 0.4) is 0 Å². The predicted molar refractivity (Wildman–Crippen MR) is 105 cm³/mol. The number of carbonyl (C=O) groups is 1. The Morgan fingerprint density at radius 1 is 1.23 bits per heavy atom. The third kappa shape index (κ3) is 3.61. The van der Waals surface area contributed by atoms with Gasteiger partial charge in [0.15, 0.2) is 5.78 Å². The Labute approximate surface area is 159 Å². The number of hydrogen-bond acceptors (Lipinski definition) is 5. The molecular formula is C21H26N2O2S. The van der Waals surface area contributed by atoms with Gasteiger partial charge in [0.25, 0.3) is 0 Å². The number of hydrogen-bond donors (Lipinski definition) is 0. The SMILES string of the molecule is CCc1sc(CC(=O)[C@@H]2CCN2C2CCOCC2)nc1-c1ccccc1. The fourth-order valence-electron chi connectivity index (χ4n) is 4.01. The van der Waals surface area contributed by atoms with Crippen LogP contribution >= 0.6 is 11.3 Å². The molecule has 4 rings (SSSR count). The molecule has 0 N–H and O–H groups in total. The summed E-state index contributed by atoms with van der Waals surface area (Å²) in [6.45, 7) is 4.86. The summed E-state index contributed by atoms with van der Waals surface area (Å²) in [5.41, 5.74) is 2.20. The van der Waals surface area contributed by atoms with Gasteiger partial charge >= 0.3 is 0 Å². The molecule has 2 aromatic rings. The molecule has 2 fully saturated rings. The molecule has 2 aliphatic rings. The van der Waals surface area contributed by atoms with Crippen molar-refractivity contribution in [2.45, 2.75) is 51.1 Å². The third-order valence-corrected chi connectivity index (χ3v) is 6.73. The first kappa shape index (κ1) is 17.8. The molecule has 0 bridgehead atoms. The van der Waals surface area contributed by atoms with E-state index < -0.39 is 0 Å². The zero-order valence-electron chi connectivity index (χ0n) is 15.3. The van der Waals surface area contributed by atoms with Crippen molar-refractivity contribution >= 4 is 17.1 Å². The number of thiazole rings is 1. The van der Waals surface area contributed by atoms with Gasteiger partial charge in [-0.3, -0.25) is 9.69 Å². The zero-order valence-corrected chi connectivity index (χ0v) is 16.1. The Morgan fingerprint density at radius 3 is 2.65 bits per heavy atom. The van der Waals surface area contributed by atoms with Gasteiger partial charge < -0.3 is 4.74 Å². The summed E-state index contributed by atoms with van der Waals surface area (Å²) in [4.78, 5) is 21.4. The molecule has 1 atom stereocenters. The second-order valence-electron chi connectivity index (χ2n) is 7.13. The van der Waals surface area contributed by atoms with Crippen molar-refractivity contribution < 1.29 is 9.53 Å². The van der Waals surface area contributed by atoms with Gasteiger partial charge in [0.05, 0.1) is 18.2 Å². The van der Waals surface area contributed by atoms with Crippen LogP contribution < -0.4 is 0 Å². The molecule has 0 spiro atoms. The summed E-state index contributed by atoms with van der Waals surface area (Å²) in [5, 5.41) is 0.963. The first-order valence-electron chi connectivity index (χ1n) is 9.66. The lowest BCUT2D eigenvalue weighted by Gasteiger charge is -2.46. The molecule has 0 saturated carbocycles. The number of benzene rings is 1. The van der Waals surface area contributed by atoms with E-state index in [1.165, 1.54) is 4.88 Å². The standard InChI is InChI=1S/C21H26N2O2S/c1-2-19-21(15-6-4-3-5-7-15)22-20(26-19)14-18(24)17-8-11-23(17)16-9-12-25-13-10-16/h3-7,16-17H,2,8-14H2,1H3/t17-/m0/s1. The fourth-order valence-corrected chi connectivity index (χ4v) is 5.05. The molecule has 0 aliphatic carbocycles. The van der Waals surface area contributed by atoms with E-state index in [1.54, 1.807) is 11.3 Å². The van der Waals surface area contributed by atoms with Gasteiger partial charge in [-0.2, -0.15) is 0 Å². The third-order valence-electron chi connectivity index (χ3n) is 5.53. The van der Waals surface area contributed by atoms with Crippen molar-refractivity contribution in [2.75, 3.05) is 19.8 Å². The highest BCUT2D eigenvalue weighted by molar-refractivity contribution is 7.12. The Hall–Kier alpha value is -1.56. The molecule has 0 amide bonds. The van der Waals surface area contributed by atoms with Crippen molar-refractivity contribution in [1.29, 1.82) is 0 Å². The monoisotopic (exact) mass is 370 g/mol. The first-order chi connectivity index (χ1) is 12.8. The van der Waals surface area contributed by atoms with Gasteiger partial charge in [0, 0.05) is 36.2 Å². The molecule has 138 valence electrons. The Bertz CT molecular complexity index is 753. The van der Waals surface area contributed by atoms with Gasteiger partial charge in [-0.15, -0.1) is 11.3 Å². The van der Waals surface area contributed by atoms with E-state index in [0.717, 1.165) is 61.7 Å². The smallest absolute Gasteiger partial charge is 0.156 e. The van der Waals surface area contributed by atoms with Crippen molar-refractivity contribution in [3.05, 3.63) is 40.2 Å². The average molecular weight is 371 g/mol. The highest BCUT2D eigenvalue weighted by Gasteiger charge is 2.39. The number of carbonyl (C=O) groups excluding carboxylic acids is 1. The molecule has 5 heteroatoms. The summed E-state index contributed by atoms with van der Waals surface area (Å²) in [7, 11) is 0. The highest BCUT2D eigenvalue weighted by atomic mass is 32.1. The van der Waals surface area contributed by atoms with Crippen LogP contribution in [0.2, 0.25) is 0 Å². The minimum absolute atomic E-state index is 0.0900. The first-order valence-corrected chi connectivity index (χ1v) is 10.5. The van der Waals surface area contributed by atoms with Crippen molar-refractivity contribution in [3.63, 3.8) is 0 Å². The molecular weight excluding hydrogens is 344 g/mol. The van der Waals surface area contributed by atoms with Crippen LogP contribution in [0.25, 0.3) is 11.3 Å². The lowest BCUT2D eigenvalue weighted by atomic mass is 9.91. The molecule has 4 nitrogen and oxygen atoms in total. The quantitative estimate of drug-likeness (QED) is 0.777. The van der Waals surface area contributed by atoms with Gasteiger partial charge in [-0.25, -0.2) is 4.98 Å². The average Bonchev–Trinajstić information content (AvgIpc) is 3.05. The number of aromatic nitrogens is 1. The summed E-state index contributed by atoms with van der Waals surface area (Å²) < 4.78 is 5.46. The number of nitrogens with zero attached hydrogens (tertiary/aromatic N) is 2. The van der Waals surface area contributed by atoms with E-state index in [0.29, 0.717) is 18.2 Å². The molecule has 2 saturated heterocycles.